The van der Waals surface area contributed by atoms with Crippen molar-refractivity contribution in [3.05, 3.63) is 23.5 Å². The Balaban J connectivity index is 1.98. The maximum absolute atomic E-state index is 12.3. The Hall–Kier alpha value is -1.49. The van der Waals surface area contributed by atoms with Gasteiger partial charge in [0.2, 0.25) is 0 Å². The molecule has 0 N–H and O–H groups in total. The quantitative estimate of drug-likeness (QED) is 0.797. The lowest BCUT2D eigenvalue weighted by molar-refractivity contribution is 0.0232. The molecule has 122 valence electrons. The van der Waals surface area contributed by atoms with E-state index < -0.39 is 5.60 Å². The van der Waals surface area contributed by atoms with Crippen LogP contribution in [0.15, 0.2) is 18.3 Å². The standard InChI is InChI=1S/C16H24ClN3O2/c1-16(2,3)22-15(21)20-9-5-6-13(20)11-19(4)12-7-8-14(17)18-10-12/h7-8,10,13H,5-6,9,11H2,1-4H3/t13-/m1/s1. The van der Waals surface area contributed by atoms with E-state index >= 15 is 0 Å². The molecule has 1 aromatic heterocycles. The molecule has 0 radical (unpaired) electrons. The monoisotopic (exact) mass is 325 g/mol. The summed E-state index contributed by atoms with van der Waals surface area (Å²) in [6, 6.07) is 3.87. The summed E-state index contributed by atoms with van der Waals surface area (Å²) in [4.78, 5) is 20.3. The number of likely N-dealkylation sites (tertiary alicyclic amines) is 1. The first-order chi connectivity index (χ1) is 10.3. The zero-order chi connectivity index (χ0) is 16.3. The molecule has 0 saturated carbocycles. The van der Waals surface area contributed by atoms with Gasteiger partial charge in [-0.05, 0) is 45.7 Å². The first-order valence-electron chi connectivity index (χ1n) is 7.58. The van der Waals surface area contributed by atoms with Crippen LogP contribution >= 0.6 is 11.6 Å². The highest BCUT2D eigenvalue weighted by Gasteiger charge is 2.32. The normalized spacial score (nSPS) is 18.4. The molecule has 0 unspecified atom stereocenters. The number of carbonyl (C=O) groups excluding carboxylic acids is 1. The zero-order valence-electron chi connectivity index (χ0n) is 13.7. The Morgan fingerprint density at radius 2 is 2.23 bits per heavy atom. The maximum Gasteiger partial charge on any atom is 0.410 e. The van der Waals surface area contributed by atoms with Gasteiger partial charge in [0, 0.05) is 20.1 Å². The Bertz CT molecular complexity index is 513. The van der Waals surface area contributed by atoms with E-state index in [9.17, 15) is 4.79 Å². The smallest absolute Gasteiger partial charge is 0.410 e. The van der Waals surface area contributed by atoms with Gasteiger partial charge >= 0.3 is 6.09 Å². The van der Waals surface area contributed by atoms with Crippen molar-refractivity contribution >= 4 is 23.4 Å². The van der Waals surface area contributed by atoms with Gasteiger partial charge in [-0.1, -0.05) is 11.6 Å². The number of nitrogens with zero attached hydrogens (tertiary/aromatic N) is 3. The zero-order valence-corrected chi connectivity index (χ0v) is 14.4. The van der Waals surface area contributed by atoms with Crippen LogP contribution in [0.5, 0.6) is 0 Å². The number of amides is 1. The van der Waals surface area contributed by atoms with Crippen LogP contribution in [-0.4, -0.2) is 47.8 Å². The van der Waals surface area contributed by atoms with Crippen molar-refractivity contribution in [1.29, 1.82) is 0 Å². The minimum atomic E-state index is -0.462. The second-order valence-corrected chi connectivity index (χ2v) is 7.08. The number of aromatic nitrogens is 1. The molecule has 5 nitrogen and oxygen atoms in total. The maximum atomic E-state index is 12.3. The van der Waals surface area contributed by atoms with Crippen LogP contribution in [0.25, 0.3) is 0 Å². The molecular weight excluding hydrogens is 302 g/mol. The molecule has 1 atom stereocenters. The summed E-state index contributed by atoms with van der Waals surface area (Å²) in [6.45, 7) is 7.18. The number of hydrogen-bond donors (Lipinski definition) is 0. The van der Waals surface area contributed by atoms with E-state index in [4.69, 9.17) is 16.3 Å². The van der Waals surface area contributed by atoms with E-state index in [2.05, 4.69) is 9.88 Å². The molecule has 2 heterocycles. The van der Waals surface area contributed by atoms with E-state index in [0.717, 1.165) is 31.6 Å². The second-order valence-electron chi connectivity index (χ2n) is 6.69. The number of rotatable bonds is 3. The SMILES string of the molecule is CN(C[C@H]1CCCN1C(=O)OC(C)(C)C)c1ccc(Cl)nc1. The average molecular weight is 326 g/mol. The number of hydrogen-bond acceptors (Lipinski definition) is 4. The molecule has 0 aromatic carbocycles. The van der Waals surface area contributed by atoms with E-state index in [-0.39, 0.29) is 12.1 Å². The minimum absolute atomic E-state index is 0.163. The molecule has 0 spiro atoms. The van der Waals surface area contributed by atoms with Crippen LogP contribution in [0.3, 0.4) is 0 Å². The molecule has 6 heteroatoms. The fraction of sp³-hybridized carbons (Fsp3) is 0.625. The second kappa shape index (κ2) is 6.73. The summed E-state index contributed by atoms with van der Waals surface area (Å²) in [6.07, 6.45) is 3.52. The number of pyridine rings is 1. The predicted molar refractivity (Wildman–Crippen MR) is 88.5 cm³/mol. The number of ether oxygens (including phenoxy) is 1. The van der Waals surface area contributed by atoms with Crippen molar-refractivity contribution in [2.75, 3.05) is 25.0 Å². The lowest BCUT2D eigenvalue weighted by atomic mass is 10.2. The largest absolute Gasteiger partial charge is 0.444 e. The van der Waals surface area contributed by atoms with Crippen LogP contribution in [0.4, 0.5) is 10.5 Å². The molecule has 1 amide bonds. The van der Waals surface area contributed by atoms with Gasteiger partial charge in [-0.15, -0.1) is 0 Å². The fourth-order valence-electron chi connectivity index (χ4n) is 2.60. The van der Waals surface area contributed by atoms with E-state index in [0.29, 0.717) is 5.15 Å². The molecule has 0 aliphatic carbocycles. The van der Waals surface area contributed by atoms with Crippen molar-refractivity contribution in [3.63, 3.8) is 0 Å². The molecule has 1 fully saturated rings. The third kappa shape index (κ3) is 4.50. The number of likely N-dealkylation sites (N-methyl/N-ethyl adjacent to an activating group) is 1. The molecule has 1 aliphatic rings. The van der Waals surface area contributed by atoms with Gasteiger partial charge in [-0.3, -0.25) is 0 Å². The fourth-order valence-corrected chi connectivity index (χ4v) is 2.71. The Labute approximate surface area is 137 Å². The van der Waals surface area contributed by atoms with Crippen molar-refractivity contribution in [3.8, 4) is 0 Å². The number of carbonyl (C=O) groups is 1. The van der Waals surface area contributed by atoms with Gasteiger partial charge in [0.25, 0.3) is 0 Å². The number of anilines is 1. The Kier molecular flexibility index (Phi) is 5.16. The highest BCUT2D eigenvalue weighted by atomic mass is 35.5. The molecule has 0 bridgehead atoms. The third-order valence-electron chi connectivity index (χ3n) is 3.64. The molecule has 2 rings (SSSR count). The van der Waals surface area contributed by atoms with Crippen LogP contribution < -0.4 is 4.90 Å². The summed E-state index contributed by atoms with van der Waals surface area (Å²) < 4.78 is 5.49. The minimum Gasteiger partial charge on any atom is -0.444 e. The van der Waals surface area contributed by atoms with Crippen LogP contribution in [0.2, 0.25) is 5.15 Å². The van der Waals surface area contributed by atoms with Crippen LogP contribution in [0.1, 0.15) is 33.6 Å². The van der Waals surface area contributed by atoms with E-state index in [1.54, 1.807) is 12.3 Å². The first-order valence-corrected chi connectivity index (χ1v) is 7.96. The summed E-state index contributed by atoms with van der Waals surface area (Å²) in [5, 5.41) is 0.480. The van der Waals surface area contributed by atoms with Crippen molar-refractivity contribution in [1.82, 2.24) is 9.88 Å². The van der Waals surface area contributed by atoms with Gasteiger partial charge in [0.1, 0.15) is 10.8 Å². The van der Waals surface area contributed by atoms with E-state index in [1.807, 2.05) is 38.8 Å². The molecular formula is C16H24ClN3O2. The number of halogens is 1. The van der Waals surface area contributed by atoms with Crippen molar-refractivity contribution in [2.45, 2.75) is 45.3 Å². The third-order valence-corrected chi connectivity index (χ3v) is 3.87. The van der Waals surface area contributed by atoms with Crippen LogP contribution in [0, 0.1) is 0 Å². The topological polar surface area (TPSA) is 45.7 Å². The predicted octanol–water partition coefficient (Wildman–Crippen LogP) is 3.57. The first kappa shape index (κ1) is 16.9. The summed E-state index contributed by atoms with van der Waals surface area (Å²) in [7, 11) is 2.00. The average Bonchev–Trinajstić information content (AvgIpc) is 2.85. The summed E-state index contributed by atoms with van der Waals surface area (Å²) in [5.74, 6) is 0. The van der Waals surface area contributed by atoms with Gasteiger partial charge in [-0.25, -0.2) is 9.78 Å². The van der Waals surface area contributed by atoms with Crippen molar-refractivity contribution in [2.24, 2.45) is 0 Å². The van der Waals surface area contributed by atoms with Crippen molar-refractivity contribution < 1.29 is 9.53 Å². The van der Waals surface area contributed by atoms with Gasteiger partial charge in [0.05, 0.1) is 17.9 Å². The lowest BCUT2D eigenvalue weighted by Crippen LogP contribution is -2.44. The van der Waals surface area contributed by atoms with Gasteiger partial charge < -0.3 is 14.5 Å². The summed E-state index contributed by atoms with van der Waals surface area (Å²) in [5.41, 5.74) is 0.524. The highest BCUT2D eigenvalue weighted by Crippen LogP contribution is 2.23. The lowest BCUT2D eigenvalue weighted by Gasteiger charge is -2.31. The van der Waals surface area contributed by atoms with Gasteiger partial charge in [0.15, 0.2) is 0 Å². The highest BCUT2D eigenvalue weighted by molar-refractivity contribution is 6.29. The van der Waals surface area contributed by atoms with E-state index in [1.165, 1.54) is 0 Å². The van der Waals surface area contributed by atoms with Crippen LogP contribution in [-0.2, 0) is 4.74 Å². The molecule has 1 aliphatic heterocycles. The summed E-state index contributed by atoms with van der Waals surface area (Å²) >= 11 is 5.81. The van der Waals surface area contributed by atoms with Gasteiger partial charge in [-0.2, -0.15) is 0 Å². The Morgan fingerprint density at radius 3 is 2.82 bits per heavy atom. The molecule has 1 saturated heterocycles. The Morgan fingerprint density at radius 1 is 1.50 bits per heavy atom. The molecule has 1 aromatic rings. The molecule has 22 heavy (non-hydrogen) atoms.